The Hall–Kier alpha value is 0.0900. The summed E-state index contributed by atoms with van der Waals surface area (Å²) in [6.07, 6.45) is 3.30. The van der Waals surface area contributed by atoms with Gasteiger partial charge in [-0.15, -0.1) is 0 Å². The van der Waals surface area contributed by atoms with E-state index in [0.717, 1.165) is 3.58 Å². The molecule has 1 aliphatic rings. The third kappa shape index (κ3) is 2.77. The molecule has 0 radical (unpaired) electrons. The summed E-state index contributed by atoms with van der Waals surface area (Å²) < 4.78 is 16.8. The summed E-state index contributed by atoms with van der Waals surface area (Å²) in [5.74, 6) is 0. The van der Waals surface area contributed by atoms with E-state index in [2.05, 4.69) is 29.2 Å². The van der Waals surface area contributed by atoms with Crippen LogP contribution >= 0.6 is 22.6 Å². The smallest absolute Gasteiger partial charge is 0.177 e. The summed E-state index contributed by atoms with van der Waals surface area (Å²) in [5.41, 5.74) is 0. The summed E-state index contributed by atoms with van der Waals surface area (Å²) in [7, 11) is 3.26. The summed E-state index contributed by atoms with van der Waals surface area (Å²) >= 11 is 2.14. The predicted molar refractivity (Wildman–Crippen MR) is 58.8 cm³/mol. The zero-order chi connectivity index (χ0) is 9.84. The van der Waals surface area contributed by atoms with E-state index in [4.69, 9.17) is 14.2 Å². The maximum atomic E-state index is 5.56. The van der Waals surface area contributed by atoms with Crippen LogP contribution in [0.5, 0.6) is 0 Å². The zero-order valence-corrected chi connectivity index (χ0v) is 9.85. The van der Waals surface area contributed by atoms with Crippen LogP contribution in [0.2, 0.25) is 0 Å². The molecule has 3 atom stereocenters. The van der Waals surface area contributed by atoms with Gasteiger partial charge in [-0.1, -0.05) is 12.7 Å². The van der Waals surface area contributed by atoms with E-state index in [-0.39, 0.29) is 18.5 Å². The minimum atomic E-state index is -0.289. The van der Waals surface area contributed by atoms with Crippen LogP contribution in [0.15, 0.2) is 22.3 Å². The molecule has 1 rings (SSSR count). The molecule has 74 valence electrons. The van der Waals surface area contributed by atoms with Crippen LogP contribution in [0.3, 0.4) is 0 Å². The lowest BCUT2D eigenvalue weighted by atomic mass is 10.1. The van der Waals surface area contributed by atoms with Crippen LogP contribution in [0.1, 0.15) is 0 Å². The molecule has 0 saturated heterocycles. The van der Waals surface area contributed by atoms with Gasteiger partial charge in [0.15, 0.2) is 6.29 Å². The highest BCUT2D eigenvalue weighted by Gasteiger charge is 2.28. The van der Waals surface area contributed by atoms with Gasteiger partial charge in [-0.05, 0) is 28.7 Å². The van der Waals surface area contributed by atoms with Crippen LogP contribution < -0.4 is 0 Å². The normalized spacial score (nSPS) is 33.3. The van der Waals surface area contributed by atoms with Gasteiger partial charge in [-0.25, -0.2) is 0 Å². The largest absolute Gasteiger partial charge is 0.374 e. The summed E-state index contributed by atoms with van der Waals surface area (Å²) in [4.78, 5) is 0. The van der Waals surface area contributed by atoms with Gasteiger partial charge < -0.3 is 14.2 Å². The fraction of sp³-hybridized carbons (Fsp3) is 0.556. The van der Waals surface area contributed by atoms with Gasteiger partial charge in [0.05, 0.1) is 0 Å². The van der Waals surface area contributed by atoms with Crippen molar-refractivity contribution < 1.29 is 14.2 Å². The topological polar surface area (TPSA) is 27.7 Å². The first-order chi connectivity index (χ1) is 6.19. The standard InChI is InChI=1S/C9H13IO3/c1-6(10)9-7(11-2)4-5-8(12-3)13-9/h4-5,7-9H,1H2,2-3H3/t7-,8+,9-/m0/s1. The van der Waals surface area contributed by atoms with Gasteiger partial charge in [0.1, 0.15) is 12.2 Å². The third-order valence-electron chi connectivity index (χ3n) is 1.85. The van der Waals surface area contributed by atoms with Crippen LogP contribution in [0, 0.1) is 0 Å². The van der Waals surface area contributed by atoms with Crippen molar-refractivity contribution in [2.24, 2.45) is 0 Å². The Morgan fingerprint density at radius 3 is 2.54 bits per heavy atom. The van der Waals surface area contributed by atoms with Crippen molar-refractivity contribution in [3.63, 3.8) is 0 Å². The molecule has 0 unspecified atom stereocenters. The minimum absolute atomic E-state index is 0.0594. The van der Waals surface area contributed by atoms with Gasteiger partial charge in [0.25, 0.3) is 0 Å². The van der Waals surface area contributed by atoms with E-state index >= 15 is 0 Å². The molecule has 0 spiro atoms. The number of ether oxygens (including phenoxy) is 3. The fourth-order valence-corrected chi connectivity index (χ4v) is 1.66. The number of methoxy groups -OCH3 is 2. The number of rotatable bonds is 3. The second kappa shape index (κ2) is 5.09. The molecule has 0 aromatic heterocycles. The molecule has 0 N–H and O–H groups in total. The SMILES string of the molecule is C=C(I)[C@@H]1O[C@@H](OC)C=C[C@@H]1OC. The molecule has 0 aromatic rings. The van der Waals surface area contributed by atoms with Crippen molar-refractivity contribution in [1.29, 1.82) is 0 Å². The van der Waals surface area contributed by atoms with E-state index < -0.39 is 0 Å². The highest BCUT2D eigenvalue weighted by atomic mass is 127. The Kier molecular flexibility index (Phi) is 4.37. The molecule has 0 aliphatic carbocycles. The van der Waals surface area contributed by atoms with Crippen molar-refractivity contribution in [2.75, 3.05) is 14.2 Å². The molecule has 0 aromatic carbocycles. The molecule has 13 heavy (non-hydrogen) atoms. The first kappa shape index (κ1) is 11.2. The van der Waals surface area contributed by atoms with Gasteiger partial charge in [-0.3, -0.25) is 0 Å². The monoisotopic (exact) mass is 296 g/mol. The first-order valence-electron chi connectivity index (χ1n) is 3.92. The van der Waals surface area contributed by atoms with E-state index in [9.17, 15) is 0 Å². The molecule has 0 saturated carbocycles. The maximum absolute atomic E-state index is 5.56. The van der Waals surface area contributed by atoms with Crippen molar-refractivity contribution in [3.05, 3.63) is 22.3 Å². The predicted octanol–water partition coefficient (Wildman–Crippen LogP) is 1.88. The number of halogens is 1. The number of hydrogen-bond donors (Lipinski definition) is 0. The molecule has 3 nitrogen and oxygen atoms in total. The van der Waals surface area contributed by atoms with Gasteiger partial charge in [-0.2, -0.15) is 0 Å². The van der Waals surface area contributed by atoms with Crippen molar-refractivity contribution in [2.45, 2.75) is 18.5 Å². The average molecular weight is 296 g/mol. The molecule has 0 bridgehead atoms. The lowest BCUT2D eigenvalue weighted by Gasteiger charge is -2.30. The maximum Gasteiger partial charge on any atom is 0.177 e. The van der Waals surface area contributed by atoms with Gasteiger partial charge in [0.2, 0.25) is 0 Å². The number of hydrogen-bond acceptors (Lipinski definition) is 3. The molecular weight excluding hydrogens is 283 g/mol. The Morgan fingerprint density at radius 1 is 1.38 bits per heavy atom. The zero-order valence-electron chi connectivity index (χ0n) is 7.70. The molecule has 1 aliphatic heterocycles. The lowest BCUT2D eigenvalue weighted by Crippen LogP contribution is -2.37. The molecule has 1 heterocycles. The van der Waals surface area contributed by atoms with Crippen LogP contribution in [0.25, 0.3) is 0 Å². The van der Waals surface area contributed by atoms with Crippen molar-refractivity contribution in [3.8, 4) is 0 Å². The minimum Gasteiger partial charge on any atom is -0.374 e. The summed E-state index contributed by atoms with van der Waals surface area (Å²) in [6, 6.07) is 0. The fourth-order valence-electron chi connectivity index (χ4n) is 1.16. The van der Waals surface area contributed by atoms with Gasteiger partial charge >= 0.3 is 0 Å². The van der Waals surface area contributed by atoms with Crippen LogP contribution in [0.4, 0.5) is 0 Å². The Morgan fingerprint density at radius 2 is 2.08 bits per heavy atom. The summed E-state index contributed by atoms with van der Waals surface area (Å²) in [6.45, 7) is 3.84. The lowest BCUT2D eigenvalue weighted by molar-refractivity contribution is -0.147. The van der Waals surface area contributed by atoms with E-state index in [1.54, 1.807) is 14.2 Å². The Balaban J connectivity index is 2.70. The first-order valence-corrected chi connectivity index (χ1v) is 5.00. The summed E-state index contributed by atoms with van der Waals surface area (Å²) in [5, 5.41) is 0. The molecule has 0 fully saturated rings. The second-order valence-corrected chi connectivity index (χ2v) is 4.08. The second-order valence-electron chi connectivity index (χ2n) is 2.69. The van der Waals surface area contributed by atoms with Gasteiger partial charge in [0, 0.05) is 17.8 Å². The van der Waals surface area contributed by atoms with Crippen molar-refractivity contribution >= 4 is 22.6 Å². The van der Waals surface area contributed by atoms with Crippen molar-refractivity contribution in [1.82, 2.24) is 0 Å². The Labute approximate surface area is 91.9 Å². The highest BCUT2D eigenvalue weighted by molar-refractivity contribution is 14.1. The average Bonchev–Trinajstić information content (AvgIpc) is 2.16. The van der Waals surface area contributed by atoms with Crippen LogP contribution in [-0.2, 0) is 14.2 Å². The van der Waals surface area contributed by atoms with E-state index in [0.29, 0.717) is 0 Å². The van der Waals surface area contributed by atoms with Crippen LogP contribution in [-0.4, -0.2) is 32.7 Å². The quantitative estimate of drug-likeness (QED) is 0.588. The molecular formula is C9H13IO3. The Bertz CT molecular complexity index is 215. The van der Waals surface area contributed by atoms with E-state index in [1.807, 2.05) is 12.2 Å². The molecule has 4 heteroatoms. The van der Waals surface area contributed by atoms with E-state index in [1.165, 1.54) is 0 Å². The molecule has 0 amide bonds. The highest BCUT2D eigenvalue weighted by Crippen LogP contribution is 2.24. The third-order valence-corrected chi connectivity index (χ3v) is 2.46.